The number of anilines is 1. The van der Waals surface area contributed by atoms with Crippen LogP contribution in [0.15, 0.2) is 48.2 Å². The van der Waals surface area contributed by atoms with Crippen LogP contribution >= 0.6 is 0 Å². The van der Waals surface area contributed by atoms with Crippen molar-refractivity contribution in [3.63, 3.8) is 0 Å². The number of ketones is 1. The molecule has 1 aliphatic rings. The number of para-hydroxylation sites is 1. The molecule has 0 aromatic heterocycles. The van der Waals surface area contributed by atoms with E-state index >= 15 is 0 Å². The van der Waals surface area contributed by atoms with Crippen LogP contribution in [0.5, 0.6) is 11.5 Å². The quantitative estimate of drug-likeness (QED) is 0.592. The second-order valence-electron chi connectivity index (χ2n) is 5.93. The Morgan fingerprint density at radius 1 is 1.11 bits per heavy atom. The predicted octanol–water partition coefficient (Wildman–Crippen LogP) is 2.62. The van der Waals surface area contributed by atoms with Crippen molar-refractivity contribution in [2.45, 2.75) is 6.92 Å². The van der Waals surface area contributed by atoms with Crippen LogP contribution in [0.2, 0.25) is 0 Å². The molecule has 7 nitrogen and oxygen atoms in total. The first kappa shape index (κ1) is 18.7. The highest BCUT2D eigenvalue weighted by Gasteiger charge is 2.34. The molecule has 2 aromatic rings. The van der Waals surface area contributed by atoms with Crippen LogP contribution in [0.3, 0.4) is 0 Å². The van der Waals surface area contributed by atoms with Gasteiger partial charge in [0.15, 0.2) is 11.5 Å². The van der Waals surface area contributed by atoms with Gasteiger partial charge in [0.05, 0.1) is 24.7 Å². The van der Waals surface area contributed by atoms with Gasteiger partial charge in [0.1, 0.15) is 0 Å². The summed E-state index contributed by atoms with van der Waals surface area (Å²) in [5.74, 6) is -0.335. The lowest BCUT2D eigenvalue weighted by Crippen LogP contribution is -2.25. The number of ether oxygens (including phenoxy) is 1. The SMILES string of the molecule is COc1cc(/C=C2/C(=O)c3ccccc3N2C(C)=O)ccc1OS(C)(=O)=O. The van der Waals surface area contributed by atoms with Gasteiger partial charge in [0.25, 0.3) is 0 Å². The fraction of sp³-hybridized carbons (Fsp3) is 0.158. The maximum absolute atomic E-state index is 12.7. The van der Waals surface area contributed by atoms with Gasteiger partial charge in [-0.05, 0) is 35.9 Å². The highest BCUT2D eigenvalue weighted by molar-refractivity contribution is 7.86. The van der Waals surface area contributed by atoms with Crippen LogP contribution in [0, 0.1) is 0 Å². The highest BCUT2D eigenvalue weighted by Crippen LogP contribution is 2.36. The molecule has 0 saturated heterocycles. The van der Waals surface area contributed by atoms with Crippen LogP contribution < -0.4 is 13.8 Å². The molecule has 0 radical (unpaired) electrons. The zero-order valence-corrected chi connectivity index (χ0v) is 15.7. The van der Waals surface area contributed by atoms with Gasteiger partial charge in [-0.1, -0.05) is 18.2 Å². The van der Waals surface area contributed by atoms with Crippen LogP contribution in [0.4, 0.5) is 5.69 Å². The maximum Gasteiger partial charge on any atom is 0.306 e. The number of nitrogens with zero attached hydrogens (tertiary/aromatic N) is 1. The minimum absolute atomic E-state index is 0.0339. The summed E-state index contributed by atoms with van der Waals surface area (Å²) in [6.07, 6.45) is 2.48. The molecule has 0 unspecified atom stereocenters. The lowest BCUT2D eigenvalue weighted by molar-refractivity contribution is -0.116. The first-order valence-corrected chi connectivity index (χ1v) is 9.76. The fourth-order valence-electron chi connectivity index (χ4n) is 2.86. The lowest BCUT2D eigenvalue weighted by atomic mass is 10.1. The molecule has 2 aromatic carbocycles. The second kappa shape index (κ2) is 6.88. The summed E-state index contributed by atoms with van der Waals surface area (Å²) < 4.78 is 32.7. The predicted molar refractivity (Wildman–Crippen MR) is 100 cm³/mol. The van der Waals surface area contributed by atoms with Crippen LogP contribution in [0.25, 0.3) is 6.08 Å². The molecule has 1 heterocycles. The summed E-state index contributed by atoms with van der Waals surface area (Å²) in [4.78, 5) is 26.2. The molecule has 140 valence electrons. The molecule has 1 amide bonds. The van der Waals surface area contributed by atoms with E-state index in [4.69, 9.17) is 8.92 Å². The van der Waals surface area contributed by atoms with Crippen LogP contribution in [0.1, 0.15) is 22.8 Å². The number of carbonyl (C=O) groups excluding carboxylic acids is 2. The van der Waals surface area contributed by atoms with Crippen molar-refractivity contribution in [2.24, 2.45) is 0 Å². The Bertz CT molecular complexity index is 1070. The van der Waals surface area contributed by atoms with Crippen LogP contribution in [-0.4, -0.2) is 33.5 Å². The largest absolute Gasteiger partial charge is 0.493 e. The third-order valence-corrected chi connectivity index (χ3v) is 4.39. The average Bonchev–Trinajstić information content (AvgIpc) is 2.87. The zero-order chi connectivity index (χ0) is 19.8. The summed E-state index contributed by atoms with van der Waals surface area (Å²) in [6.45, 7) is 1.38. The Kier molecular flexibility index (Phi) is 4.75. The fourth-order valence-corrected chi connectivity index (χ4v) is 3.33. The first-order valence-electron chi connectivity index (χ1n) is 7.95. The minimum Gasteiger partial charge on any atom is -0.493 e. The number of carbonyl (C=O) groups is 2. The standard InChI is InChI=1S/C19H17NO6S/c1-12(21)20-15-7-5-4-6-14(15)19(22)16(20)10-13-8-9-17(18(11-13)25-2)26-27(3,23)24/h4-11H,1-3H3/b16-10-. The zero-order valence-electron chi connectivity index (χ0n) is 14.9. The third-order valence-electron chi connectivity index (χ3n) is 3.91. The van der Waals surface area contributed by atoms with Crippen LogP contribution in [-0.2, 0) is 14.9 Å². The number of allylic oxidation sites excluding steroid dienone is 1. The summed E-state index contributed by atoms with van der Waals surface area (Å²) in [6, 6.07) is 11.4. The van der Waals surface area contributed by atoms with Gasteiger partial charge in [-0.2, -0.15) is 8.42 Å². The molecule has 8 heteroatoms. The van der Waals surface area contributed by atoms with E-state index in [1.165, 1.54) is 31.1 Å². The molecule has 27 heavy (non-hydrogen) atoms. The second-order valence-corrected chi connectivity index (χ2v) is 7.50. The minimum atomic E-state index is -3.71. The molecule has 0 atom stereocenters. The molecule has 0 aliphatic carbocycles. The van der Waals surface area contributed by atoms with Gasteiger partial charge in [-0.25, -0.2) is 0 Å². The summed E-state index contributed by atoms with van der Waals surface area (Å²) in [7, 11) is -2.34. The Morgan fingerprint density at radius 2 is 1.81 bits per heavy atom. The monoisotopic (exact) mass is 387 g/mol. The normalized spacial score (nSPS) is 15.0. The number of hydrogen-bond donors (Lipinski definition) is 0. The molecule has 0 fully saturated rings. The Hall–Kier alpha value is -3.13. The molecular formula is C19H17NO6S. The Morgan fingerprint density at radius 3 is 2.44 bits per heavy atom. The van der Waals surface area contributed by atoms with Gasteiger partial charge < -0.3 is 8.92 Å². The van der Waals surface area contributed by atoms with E-state index in [2.05, 4.69) is 0 Å². The Labute approximate surface area is 156 Å². The van der Waals surface area contributed by atoms with E-state index in [-0.39, 0.29) is 28.9 Å². The maximum atomic E-state index is 12.7. The van der Waals surface area contributed by atoms with Gasteiger partial charge in [-0.3, -0.25) is 14.5 Å². The topological polar surface area (TPSA) is 90.0 Å². The number of methoxy groups -OCH3 is 1. The molecule has 1 aliphatic heterocycles. The highest BCUT2D eigenvalue weighted by atomic mass is 32.2. The summed E-state index contributed by atoms with van der Waals surface area (Å²) in [5.41, 5.74) is 1.74. The van der Waals surface area contributed by atoms with E-state index < -0.39 is 10.1 Å². The van der Waals surface area contributed by atoms with Gasteiger partial charge in [-0.15, -0.1) is 0 Å². The van der Waals surface area contributed by atoms with Crippen molar-refractivity contribution in [1.29, 1.82) is 0 Å². The number of benzene rings is 2. The Balaban J connectivity index is 2.06. The van der Waals surface area contributed by atoms with Gasteiger partial charge in [0, 0.05) is 12.5 Å². The number of Topliss-reactive ketones (excluding diaryl/α,β-unsaturated/α-hetero) is 1. The number of amides is 1. The summed E-state index contributed by atoms with van der Waals surface area (Å²) >= 11 is 0. The van der Waals surface area contributed by atoms with Gasteiger partial charge in [0.2, 0.25) is 11.7 Å². The number of fused-ring (bicyclic) bond motifs is 1. The van der Waals surface area contributed by atoms with Crippen molar-refractivity contribution in [2.75, 3.05) is 18.3 Å². The van der Waals surface area contributed by atoms with Crippen molar-refractivity contribution >= 4 is 33.6 Å². The molecular weight excluding hydrogens is 370 g/mol. The number of rotatable bonds is 4. The van der Waals surface area contributed by atoms with Crippen molar-refractivity contribution in [3.05, 3.63) is 59.3 Å². The van der Waals surface area contributed by atoms with Crippen molar-refractivity contribution in [1.82, 2.24) is 0 Å². The molecule has 0 bridgehead atoms. The van der Waals surface area contributed by atoms with Crippen molar-refractivity contribution < 1.29 is 26.9 Å². The van der Waals surface area contributed by atoms with E-state index in [1.54, 1.807) is 36.4 Å². The van der Waals surface area contributed by atoms with E-state index in [0.717, 1.165) is 6.26 Å². The smallest absolute Gasteiger partial charge is 0.306 e. The lowest BCUT2D eigenvalue weighted by Gasteiger charge is -2.16. The van der Waals surface area contributed by atoms with E-state index in [9.17, 15) is 18.0 Å². The molecule has 3 rings (SSSR count). The van der Waals surface area contributed by atoms with E-state index in [1.807, 2.05) is 0 Å². The molecule has 0 spiro atoms. The first-order chi connectivity index (χ1) is 12.7. The van der Waals surface area contributed by atoms with E-state index in [0.29, 0.717) is 16.8 Å². The van der Waals surface area contributed by atoms with Gasteiger partial charge >= 0.3 is 10.1 Å². The summed E-state index contributed by atoms with van der Waals surface area (Å²) in [5, 5.41) is 0. The number of hydrogen-bond acceptors (Lipinski definition) is 6. The molecule has 0 saturated carbocycles. The average molecular weight is 387 g/mol. The van der Waals surface area contributed by atoms with Crippen molar-refractivity contribution in [3.8, 4) is 11.5 Å². The molecule has 0 N–H and O–H groups in total. The third kappa shape index (κ3) is 3.70.